The van der Waals surface area contributed by atoms with Crippen LogP contribution < -0.4 is 10.6 Å². The van der Waals surface area contributed by atoms with E-state index in [0.717, 1.165) is 18.7 Å². The standard InChI is InChI=1S/C17H23N5O/c1-13-19-15(17(23)18-10-7-11-22(2)3)12-16(20-13)21-14-8-5-4-6-9-14/h4-6,8-9,12H,7,10-11H2,1-3H3,(H,18,23)(H,19,20,21). The van der Waals surface area contributed by atoms with Crippen LogP contribution in [0.25, 0.3) is 0 Å². The molecule has 0 spiro atoms. The highest BCUT2D eigenvalue weighted by atomic mass is 16.1. The first kappa shape index (κ1) is 16.9. The van der Waals surface area contributed by atoms with Gasteiger partial charge in [-0.2, -0.15) is 0 Å². The molecule has 1 aromatic carbocycles. The van der Waals surface area contributed by atoms with Gasteiger partial charge in [-0.1, -0.05) is 18.2 Å². The van der Waals surface area contributed by atoms with Crippen LogP contribution in [0.3, 0.4) is 0 Å². The van der Waals surface area contributed by atoms with Crippen LogP contribution in [0.5, 0.6) is 0 Å². The highest BCUT2D eigenvalue weighted by molar-refractivity contribution is 5.93. The van der Waals surface area contributed by atoms with Gasteiger partial charge in [0.2, 0.25) is 0 Å². The largest absolute Gasteiger partial charge is 0.351 e. The molecule has 0 fully saturated rings. The first-order chi connectivity index (χ1) is 11.0. The Hall–Kier alpha value is -2.47. The van der Waals surface area contributed by atoms with Crippen LogP contribution in [0.15, 0.2) is 36.4 Å². The van der Waals surface area contributed by atoms with Crippen molar-refractivity contribution in [2.75, 3.05) is 32.5 Å². The molecular formula is C17H23N5O. The number of nitrogens with zero attached hydrogens (tertiary/aromatic N) is 3. The Balaban J connectivity index is 2.00. The molecule has 0 aliphatic rings. The van der Waals surface area contributed by atoms with E-state index in [4.69, 9.17) is 0 Å². The Morgan fingerprint density at radius 2 is 1.91 bits per heavy atom. The minimum Gasteiger partial charge on any atom is -0.351 e. The Bertz CT molecular complexity index is 643. The summed E-state index contributed by atoms with van der Waals surface area (Å²) in [5.41, 5.74) is 1.30. The van der Waals surface area contributed by atoms with E-state index in [-0.39, 0.29) is 5.91 Å². The Kier molecular flexibility index (Phi) is 6.05. The van der Waals surface area contributed by atoms with E-state index < -0.39 is 0 Å². The van der Waals surface area contributed by atoms with Gasteiger partial charge in [-0.3, -0.25) is 4.79 Å². The summed E-state index contributed by atoms with van der Waals surface area (Å²) in [4.78, 5) is 22.8. The molecule has 1 aromatic heterocycles. The second-order valence-electron chi connectivity index (χ2n) is 5.59. The normalized spacial score (nSPS) is 10.6. The molecule has 0 atom stereocenters. The van der Waals surface area contributed by atoms with E-state index >= 15 is 0 Å². The van der Waals surface area contributed by atoms with Crippen molar-refractivity contribution in [1.82, 2.24) is 20.2 Å². The fourth-order valence-corrected chi connectivity index (χ4v) is 2.11. The second kappa shape index (κ2) is 8.24. The van der Waals surface area contributed by atoms with Crippen LogP contribution in [0.1, 0.15) is 22.7 Å². The van der Waals surface area contributed by atoms with Crippen LogP contribution in [-0.2, 0) is 0 Å². The summed E-state index contributed by atoms with van der Waals surface area (Å²) in [7, 11) is 4.02. The number of hydrogen-bond acceptors (Lipinski definition) is 5. The molecule has 2 aromatic rings. The molecule has 2 N–H and O–H groups in total. The predicted molar refractivity (Wildman–Crippen MR) is 92.0 cm³/mol. The lowest BCUT2D eigenvalue weighted by atomic mass is 10.3. The van der Waals surface area contributed by atoms with Gasteiger partial charge in [-0.05, 0) is 46.1 Å². The molecule has 6 nitrogen and oxygen atoms in total. The van der Waals surface area contributed by atoms with Crippen LogP contribution >= 0.6 is 0 Å². The molecule has 0 aliphatic heterocycles. The summed E-state index contributed by atoms with van der Waals surface area (Å²) in [6.45, 7) is 3.34. The lowest BCUT2D eigenvalue weighted by Gasteiger charge is -2.11. The fourth-order valence-electron chi connectivity index (χ4n) is 2.11. The van der Waals surface area contributed by atoms with E-state index in [2.05, 4.69) is 25.5 Å². The average Bonchev–Trinajstić information content (AvgIpc) is 2.51. The van der Waals surface area contributed by atoms with Gasteiger partial charge >= 0.3 is 0 Å². The topological polar surface area (TPSA) is 70.2 Å². The SMILES string of the molecule is Cc1nc(Nc2ccccc2)cc(C(=O)NCCCN(C)C)n1. The van der Waals surface area contributed by atoms with E-state index in [0.29, 0.717) is 23.9 Å². The van der Waals surface area contributed by atoms with Crippen molar-refractivity contribution in [2.24, 2.45) is 0 Å². The van der Waals surface area contributed by atoms with Gasteiger partial charge < -0.3 is 15.5 Å². The molecule has 122 valence electrons. The Morgan fingerprint density at radius 3 is 2.61 bits per heavy atom. The molecular weight excluding hydrogens is 290 g/mol. The summed E-state index contributed by atoms with van der Waals surface area (Å²) >= 11 is 0. The summed E-state index contributed by atoms with van der Waals surface area (Å²) < 4.78 is 0. The molecule has 1 heterocycles. The third kappa shape index (κ3) is 5.67. The van der Waals surface area contributed by atoms with Crippen molar-refractivity contribution >= 4 is 17.4 Å². The van der Waals surface area contributed by atoms with Crippen molar-refractivity contribution in [1.29, 1.82) is 0 Å². The molecule has 0 bridgehead atoms. The summed E-state index contributed by atoms with van der Waals surface area (Å²) in [5.74, 6) is 0.997. The molecule has 0 saturated carbocycles. The molecule has 0 saturated heterocycles. The number of rotatable bonds is 7. The van der Waals surface area contributed by atoms with Gasteiger partial charge in [-0.25, -0.2) is 9.97 Å². The van der Waals surface area contributed by atoms with Gasteiger partial charge in [0.25, 0.3) is 5.91 Å². The van der Waals surface area contributed by atoms with Gasteiger partial charge in [0.15, 0.2) is 0 Å². The van der Waals surface area contributed by atoms with E-state index in [1.807, 2.05) is 44.4 Å². The van der Waals surface area contributed by atoms with E-state index in [1.54, 1.807) is 13.0 Å². The number of carbonyl (C=O) groups is 1. The number of hydrogen-bond donors (Lipinski definition) is 2. The second-order valence-corrected chi connectivity index (χ2v) is 5.59. The van der Waals surface area contributed by atoms with Crippen molar-refractivity contribution in [3.05, 3.63) is 47.9 Å². The van der Waals surface area contributed by atoms with Gasteiger partial charge in [-0.15, -0.1) is 0 Å². The molecule has 0 radical (unpaired) electrons. The number of nitrogens with one attached hydrogen (secondary N) is 2. The highest BCUT2D eigenvalue weighted by Crippen LogP contribution is 2.14. The third-order valence-electron chi connectivity index (χ3n) is 3.18. The number of aromatic nitrogens is 2. The van der Waals surface area contributed by atoms with E-state index in [9.17, 15) is 4.79 Å². The summed E-state index contributed by atoms with van der Waals surface area (Å²) in [5, 5.41) is 6.07. The molecule has 23 heavy (non-hydrogen) atoms. The van der Waals surface area contributed by atoms with E-state index in [1.165, 1.54) is 0 Å². The lowest BCUT2D eigenvalue weighted by molar-refractivity contribution is 0.0947. The van der Waals surface area contributed by atoms with Gasteiger partial charge in [0.05, 0.1) is 0 Å². The molecule has 1 amide bonds. The highest BCUT2D eigenvalue weighted by Gasteiger charge is 2.10. The van der Waals surface area contributed by atoms with Crippen LogP contribution in [0.2, 0.25) is 0 Å². The van der Waals surface area contributed by atoms with Crippen LogP contribution in [0.4, 0.5) is 11.5 Å². The van der Waals surface area contributed by atoms with Gasteiger partial charge in [0, 0.05) is 18.3 Å². The number of amides is 1. The zero-order valence-corrected chi connectivity index (χ0v) is 13.8. The monoisotopic (exact) mass is 313 g/mol. The maximum Gasteiger partial charge on any atom is 0.270 e. The molecule has 0 unspecified atom stereocenters. The summed E-state index contributed by atoms with van der Waals surface area (Å²) in [6, 6.07) is 11.4. The maximum atomic E-state index is 12.2. The zero-order chi connectivity index (χ0) is 16.7. The molecule has 6 heteroatoms. The quantitative estimate of drug-likeness (QED) is 0.767. The van der Waals surface area contributed by atoms with Crippen LogP contribution in [0, 0.1) is 6.92 Å². The number of aryl methyl sites for hydroxylation is 1. The molecule has 0 aliphatic carbocycles. The first-order valence-electron chi connectivity index (χ1n) is 7.65. The van der Waals surface area contributed by atoms with Gasteiger partial charge in [0.1, 0.15) is 17.3 Å². The Labute approximate surface area is 137 Å². The average molecular weight is 313 g/mol. The van der Waals surface area contributed by atoms with Crippen molar-refractivity contribution in [3.8, 4) is 0 Å². The van der Waals surface area contributed by atoms with Crippen molar-refractivity contribution in [2.45, 2.75) is 13.3 Å². The predicted octanol–water partition coefficient (Wildman–Crippen LogP) is 2.21. The first-order valence-corrected chi connectivity index (χ1v) is 7.65. The van der Waals surface area contributed by atoms with Crippen molar-refractivity contribution in [3.63, 3.8) is 0 Å². The number of anilines is 2. The summed E-state index contributed by atoms with van der Waals surface area (Å²) in [6.07, 6.45) is 0.901. The maximum absolute atomic E-state index is 12.2. The number of carbonyl (C=O) groups excluding carboxylic acids is 1. The van der Waals surface area contributed by atoms with Crippen molar-refractivity contribution < 1.29 is 4.79 Å². The Morgan fingerprint density at radius 1 is 1.17 bits per heavy atom. The molecule has 2 rings (SSSR count). The number of benzene rings is 1. The minimum atomic E-state index is -0.176. The third-order valence-corrected chi connectivity index (χ3v) is 3.18. The number of para-hydroxylation sites is 1. The fraction of sp³-hybridized carbons (Fsp3) is 0.353. The minimum absolute atomic E-state index is 0.176. The smallest absolute Gasteiger partial charge is 0.270 e. The van der Waals surface area contributed by atoms with Crippen LogP contribution in [-0.4, -0.2) is 48.0 Å². The lowest BCUT2D eigenvalue weighted by Crippen LogP contribution is -2.28. The zero-order valence-electron chi connectivity index (χ0n) is 13.8.